The second-order valence-corrected chi connectivity index (χ2v) is 5.97. The van der Waals surface area contributed by atoms with Crippen molar-refractivity contribution in [3.8, 4) is 23.0 Å². The minimum absolute atomic E-state index is 0.130. The average Bonchev–Trinajstić information content (AvgIpc) is 3.34. The van der Waals surface area contributed by atoms with Gasteiger partial charge in [-0.05, 0) is 42.0 Å². The molecule has 1 N–H and O–H groups in total. The van der Waals surface area contributed by atoms with Crippen LogP contribution < -0.4 is 14.8 Å². The molecule has 8 heteroatoms. The van der Waals surface area contributed by atoms with E-state index in [1.807, 2.05) is 18.2 Å². The Labute approximate surface area is 154 Å². The zero-order valence-corrected chi connectivity index (χ0v) is 14.3. The second kappa shape index (κ2) is 7.45. The summed E-state index contributed by atoms with van der Waals surface area (Å²) >= 11 is 0. The van der Waals surface area contributed by atoms with Crippen LogP contribution in [-0.2, 0) is 17.8 Å². The molecule has 0 saturated heterocycles. The molecular formula is C19H16FN3O4. The lowest BCUT2D eigenvalue weighted by Crippen LogP contribution is -2.23. The average molecular weight is 369 g/mol. The fourth-order valence-corrected chi connectivity index (χ4v) is 2.62. The molecule has 3 aromatic rings. The van der Waals surface area contributed by atoms with E-state index in [1.165, 1.54) is 12.1 Å². The molecule has 0 unspecified atom stereocenters. The van der Waals surface area contributed by atoms with Crippen molar-refractivity contribution < 1.29 is 23.1 Å². The summed E-state index contributed by atoms with van der Waals surface area (Å²) in [5, 5.41) is 10.7. The van der Waals surface area contributed by atoms with Gasteiger partial charge in [0.1, 0.15) is 5.82 Å². The molecule has 0 bridgehead atoms. The number of ether oxygens (including phenoxy) is 2. The van der Waals surface area contributed by atoms with Gasteiger partial charge in [-0.2, -0.15) is 0 Å². The van der Waals surface area contributed by atoms with E-state index in [9.17, 15) is 9.18 Å². The Bertz CT molecular complexity index is 956. The molecule has 0 fully saturated rings. The van der Waals surface area contributed by atoms with Gasteiger partial charge in [-0.1, -0.05) is 6.07 Å². The summed E-state index contributed by atoms with van der Waals surface area (Å²) in [6, 6.07) is 11.3. The van der Waals surface area contributed by atoms with Crippen molar-refractivity contribution in [2.45, 2.75) is 19.4 Å². The number of aromatic nitrogens is 2. The zero-order chi connectivity index (χ0) is 18.6. The molecule has 0 saturated carbocycles. The zero-order valence-electron chi connectivity index (χ0n) is 14.3. The van der Waals surface area contributed by atoms with Gasteiger partial charge < -0.3 is 19.2 Å². The molecule has 1 aliphatic rings. The van der Waals surface area contributed by atoms with Crippen molar-refractivity contribution in [2.75, 3.05) is 6.79 Å². The van der Waals surface area contributed by atoms with Crippen LogP contribution >= 0.6 is 0 Å². The third-order valence-corrected chi connectivity index (χ3v) is 4.05. The predicted octanol–water partition coefficient (Wildman–Crippen LogP) is 2.85. The van der Waals surface area contributed by atoms with E-state index in [-0.39, 0.29) is 24.9 Å². The van der Waals surface area contributed by atoms with Crippen LogP contribution in [0.2, 0.25) is 0 Å². The maximum Gasteiger partial charge on any atom is 0.247 e. The third kappa shape index (κ3) is 4.05. The summed E-state index contributed by atoms with van der Waals surface area (Å²) in [4.78, 5) is 12.0. The number of hydrogen-bond acceptors (Lipinski definition) is 6. The minimum atomic E-state index is -0.336. The van der Waals surface area contributed by atoms with Crippen LogP contribution in [0, 0.1) is 5.82 Å². The molecule has 2 heterocycles. The van der Waals surface area contributed by atoms with E-state index in [1.54, 1.807) is 12.1 Å². The molecule has 27 heavy (non-hydrogen) atoms. The van der Waals surface area contributed by atoms with Crippen LogP contribution in [0.3, 0.4) is 0 Å². The van der Waals surface area contributed by atoms with Gasteiger partial charge >= 0.3 is 0 Å². The molecule has 2 aromatic carbocycles. The number of carbonyl (C=O) groups is 1. The van der Waals surface area contributed by atoms with Crippen LogP contribution in [-0.4, -0.2) is 22.9 Å². The van der Waals surface area contributed by atoms with E-state index in [4.69, 9.17) is 13.9 Å². The third-order valence-electron chi connectivity index (χ3n) is 4.05. The van der Waals surface area contributed by atoms with Gasteiger partial charge in [0.05, 0.1) is 0 Å². The van der Waals surface area contributed by atoms with Crippen LogP contribution in [0.5, 0.6) is 11.5 Å². The van der Waals surface area contributed by atoms with E-state index in [2.05, 4.69) is 15.5 Å². The highest BCUT2D eigenvalue weighted by Crippen LogP contribution is 2.32. The standard InChI is InChI=1S/C19H16FN3O4/c20-14-4-2-13(3-5-14)19-23-22-18(27-19)8-7-17(24)21-10-12-1-6-15-16(9-12)26-11-25-15/h1-6,9H,7-8,10-11H2,(H,21,24). The fourth-order valence-electron chi connectivity index (χ4n) is 2.62. The number of carbonyl (C=O) groups excluding carboxylic acids is 1. The number of aryl methyl sites for hydroxylation is 1. The molecule has 0 radical (unpaired) electrons. The molecule has 0 spiro atoms. The summed E-state index contributed by atoms with van der Waals surface area (Å²) in [7, 11) is 0. The van der Waals surface area contributed by atoms with E-state index in [0.29, 0.717) is 41.8 Å². The first-order valence-electron chi connectivity index (χ1n) is 8.41. The Morgan fingerprint density at radius 1 is 1.07 bits per heavy atom. The number of nitrogens with zero attached hydrogens (tertiary/aromatic N) is 2. The highest BCUT2D eigenvalue weighted by Gasteiger charge is 2.14. The van der Waals surface area contributed by atoms with Crippen LogP contribution in [0.25, 0.3) is 11.5 Å². The molecule has 1 aliphatic heterocycles. The minimum Gasteiger partial charge on any atom is -0.454 e. The SMILES string of the molecule is O=C(CCc1nnc(-c2ccc(F)cc2)o1)NCc1ccc2c(c1)OCO2. The molecule has 1 amide bonds. The van der Waals surface area contributed by atoms with Gasteiger partial charge in [-0.25, -0.2) is 4.39 Å². The lowest BCUT2D eigenvalue weighted by atomic mass is 10.2. The quantitative estimate of drug-likeness (QED) is 0.719. The second-order valence-electron chi connectivity index (χ2n) is 5.97. The van der Waals surface area contributed by atoms with Crippen LogP contribution in [0.4, 0.5) is 4.39 Å². The van der Waals surface area contributed by atoms with Crippen LogP contribution in [0.15, 0.2) is 46.9 Å². The van der Waals surface area contributed by atoms with E-state index >= 15 is 0 Å². The van der Waals surface area contributed by atoms with Gasteiger partial charge in [0.2, 0.25) is 24.5 Å². The maximum atomic E-state index is 13.0. The summed E-state index contributed by atoms with van der Waals surface area (Å²) in [6.07, 6.45) is 0.538. The number of halogens is 1. The Morgan fingerprint density at radius 3 is 2.74 bits per heavy atom. The van der Waals surface area contributed by atoms with Gasteiger partial charge in [0.25, 0.3) is 0 Å². The normalized spacial score (nSPS) is 12.2. The van der Waals surface area contributed by atoms with Crippen LogP contribution in [0.1, 0.15) is 17.9 Å². The van der Waals surface area contributed by atoms with Crippen molar-refractivity contribution in [2.24, 2.45) is 0 Å². The largest absolute Gasteiger partial charge is 0.454 e. The molecule has 138 valence electrons. The first kappa shape index (κ1) is 17.0. The van der Waals surface area contributed by atoms with Crippen molar-refractivity contribution in [1.29, 1.82) is 0 Å². The summed E-state index contributed by atoms with van der Waals surface area (Å²) in [5.74, 6) is 1.57. The Morgan fingerprint density at radius 2 is 1.89 bits per heavy atom. The highest BCUT2D eigenvalue weighted by atomic mass is 19.1. The first-order valence-corrected chi connectivity index (χ1v) is 8.41. The summed E-state index contributed by atoms with van der Waals surface area (Å²) < 4.78 is 29.0. The number of amides is 1. The van der Waals surface area contributed by atoms with Crippen molar-refractivity contribution in [1.82, 2.24) is 15.5 Å². The lowest BCUT2D eigenvalue weighted by Gasteiger charge is -2.05. The van der Waals surface area contributed by atoms with Crippen molar-refractivity contribution in [3.05, 3.63) is 59.7 Å². The summed E-state index contributed by atoms with van der Waals surface area (Å²) in [6.45, 7) is 0.607. The van der Waals surface area contributed by atoms with Gasteiger partial charge in [-0.15, -0.1) is 10.2 Å². The first-order chi connectivity index (χ1) is 13.2. The number of fused-ring (bicyclic) bond motifs is 1. The fraction of sp³-hybridized carbons (Fsp3) is 0.211. The summed E-state index contributed by atoms with van der Waals surface area (Å²) in [5.41, 5.74) is 1.55. The van der Waals surface area contributed by atoms with E-state index < -0.39 is 0 Å². The lowest BCUT2D eigenvalue weighted by molar-refractivity contribution is -0.121. The monoisotopic (exact) mass is 369 g/mol. The Hall–Kier alpha value is -3.42. The number of rotatable bonds is 6. The van der Waals surface area contributed by atoms with Crippen molar-refractivity contribution in [3.63, 3.8) is 0 Å². The highest BCUT2D eigenvalue weighted by molar-refractivity contribution is 5.76. The van der Waals surface area contributed by atoms with E-state index in [0.717, 1.165) is 5.56 Å². The molecule has 0 atom stereocenters. The Kier molecular flexibility index (Phi) is 4.69. The van der Waals surface area contributed by atoms with Gasteiger partial charge in [0.15, 0.2) is 11.5 Å². The van der Waals surface area contributed by atoms with Crippen molar-refractivity contribution >= 4 is 5.91 Å². The van der Waals surface area contributed by atoms with Gasteiger partial charge in [-0.3, -0.25) is 4.79 Å². The molecule has 0 aliphatic carbocycles. The Balaban J connectivity index is 1.27. The molecular weight excluding hydrogens is 353 g/mol. The topological polar surface area (TPSA) is 86.5 Å². The molecule has 1 aromatic heterocycles. The number of benzene rings is 2. The molecule has 7 nitrogen and oxygen atoms in total. The maximum absolute atomic E-state index is 13.0. The van der Waals surface area contributed by atoms with Gasteiger partial charge in [0, 0.05) is 24.9 Å². The number of hydrogen-bond donors (Lipinski definition) is 1. The predicted molar refractivity (Wildman–Crippen MR) is 92.4 cm³/mol. The number of nitrogens with one attached hydrogen (secondary N) is 1. The smallest absolute Gasteiger partial charge is 0.247 e. The molecule has 4 rings (SSSR count).